The van der Waals surface area contributed by atoms with E-state index < -0.39 is 0 Å². The van der Waals surface area contributed by atoms with Crippen molar-refractivity contribution in [2.75, 3.05) is 12.9 Å². The molecule has 164 valence electrons. The predicted octanol–water partition coefficient (Wildman–Crippen LogP) is 4.83. The summed E-state index contributed by atoms with van der Waals surface area (Å²) in [7, 11) is 1.55. The van der Waals surface area contributed by atoms with Crippen molar-refractivity contribution in [3.05, 3.63) is 79.7 Å². The first-order valence-electron chi connectivity index (χ1n) is 9.75. The van der Waals surface area contributed by atoms with Crippen LogP contribution >= 0.6 is 34.7 Å². The third-order valence-corrected chi connectivity index (χ3v) is 6.80. The number of methoxy groups -OCH3 is 1. The summed E-state index contributed by atoms with van der Waals surface area (Å²) in [5.41, 5.74) is 1.76. The zero-order valence-corrected chi connectivity index (χ0v) is 19.8. The molecule has 1 N–H and O–H groups in total. The van der Waals surface area contributed by atoms with E-state index in [4.69, 9.17) is 16.3 Å². The molecule has 0 radical (unpaired) electrons. The number of thioether (sulfide) groups is 1. The highest BCUT2D eigenvalue weighted by Crippen LogP contribution is 2.28. The Hall–Kier alpha value is -2.81. The van der Waals surface area contributed by atoms with Crippen LogP contribution in [0.2, 0.25) is 5.02 Å². The first-order valence-corrected chi connectivity index (χ1v) is 12.0. The Morgan fingerprint density at radius 3 is 2.84 bits per heavy atom. The van der Waals surface area contributed by atoms with Crippen LogP contribution in [0.4, 0.5) is 0 Å². The monoisotopic (exact) mass is 485 g/mol. The maximum absolute atomic E-state index is 13.5. The number of carbonyl (C=O) groups excluding carboxylic acids is 1. The summed E-state index contributed by atoms with van der Waals surface area (Å²) in [6, 6.07) is 14.5. The van der Waals surface area contributed by atoms with Crippen molar-refractivity contribution in [2.24, 2.45) is 0 Å². The lowest BCUT2D eigenvalue weighted by atomic mass is 10.2. The number of amides is 1. The number of ether oxygens (including phenoxy) is 1. The number of aromatic nitrogens is 2. The number of fused-ring (bicyclic) bond motifs is 1. The highest BCUT2D eigenvalue weighted by molar-refractivity contribution is 7.99. The minimum atomic E-state index is -0.253. The minimum absolute atomic E-state index is 0.109. The summed E-state index contributed by atoms with van der Waals surface area (Å²) >= 11 is 8.90. The molecular weight excluding hydrogens is 466 g/mol. The normalized spacial score (nSPS) is 11.0. The number of hydrogen-bond acceptors (Lipinski definition) is 6. The van der Waals surface area contributed by atoms with E-state index in [1.54, 1.807) is 36.6 Å². The lowest BCUT2D eigenvalue weighted by Crippen LogP contribution is -2.26. The largest absolute Gasteiger partial charge is 0.495 e. The maximum Gasteiger partial charge on any atom is 0.266 e. The van der Waals surface area contributed by atoms with Crippen LogP contribution in [-0.4, -0.2) is 28.3 Å². The van der Waals surface area contributed by atoms with E-state index in [2.05, 4.69) is 10.3 Å². The third-order valence-electron chi connectivity index (χ3n) is 4.75. The number of nitrogens with one attached hydrogen (secondary N) is 1. The zero-order chi connectivity index (χ0) is 22.7. The van der Waals surface area contributed by atoms with Crippen LogP contribution in [-0.2, 0) is 11.3 Å². The molecule has 0 spiro atoms. The van der Waals surface area contributed by atoms with Gasteiger partial charge in [-0.25, -0.2) is 4.98 Å². The number of rotatable bonds is 7. The SMILES string of the molecule is COc1ccc(C)cc1-n1c(SCC(=O)NCc2cccs2)nc2cc(Cl)ccc2c1=O. The van der Waals surface area contributed by atoms with Gasteiger partial charge < -0.3 is 10.1 Å². The van der Waals surface area contributed by atoms with E-state index in [0.717, 1.165) is 10.4 Å². The standard InChI is InChI=1S/C23H20ClN3O3S2/c1-14-5-8-20(30-2)19(10-14)27-22(29)17-7-6-15(24)11-18(17)26-23(27)32-13-21(28)25-12-16-4-3-9-31-16/h3-11H,12-13H2,1-2H3,(H,25,28). The number of benzene rings is 2. The summed E-state index contributed by atoms with van der Waals surface area (Å²) in [5, 5.41) is 6.17. The molecule has 0 aliphatic carbocycles. The van der Waals surface area contributed by atoms with Crippen molar-refractivity contribution >= 4 is 51.5 Å². The molecule has 0 atom stereocenters. The van der Waals surface area contributed by atoms with E-state index >= 15 is 0 Å². The van der Waals surface area contributed by atoms with E-state index in [0.29, 0.717) is 39.1 Å². The summed E-state index contributed by atoms with van der Waals surface area (Å²) < 4.78 is 7.00. The maximum atomic E-state index is 13.5. The van der Waals surface area contributed by atoms with Gasteiger partial charge in [0.1, 0.15) is 5.75 Å². The van der Waals surface area contributed by atoms with Crippen molar-refractivity contribution in [1.29, 1.82) is 0 Å². The van der Waals surface area contributed by atoms with E-state index in [1.807, 2.05) is 42.6 Å². The third kappa shape index (κ3) is 4.82. The van der Waals surface area contributed by atoms with Crippen molar-refractivity contribution < 1.29 is 9.53 Å². The fourth-order valence-corrected chi connectivity index (χ4v) is 4.85. The Labute approximate surface area is 198 Å². The van der Waals surface area contributed by atoms with Gasteiger partial charge in [-0.3, -0.25) is 14.2 Å². The Balaban J connectivity index is 1.73. The molecule has 0 saturated carbocycles. The van der Waals surface area contributed by atoms with Gasteiger partial charge in [0.15, 0.2) is 5.16 Å². The van der Waals surface area contributed by atoms with Gasteiger partial charge in [-0.05, 0) is 54.3 Å². The van der Waals surface area contributed by atoms with Gasteiger partial charge in [0.25, 0.3) is 5.56 Å². The van der Waals surface area contributed by atoms with Crippen LogP contribution in [0.25, 0.3) is 16.6 Å². The molecule has 6 nitrogen and oxygen atoms in total. The highest BCUT2D eigenvalue weighted by atomic mass is 35.5. The Bertz CT molecular complexity index is 1340. The molecule has 4 rings (SSSR count). The molecule has 0 fully saturated rings. The van der Waals surface area contributed by atoms with Gasteiger partial charge in [-0.1, -0.05) is 35.5 Å². The Kier molecular flexibility index (Phi) is 6.83. The molecule has 0 saturated heterocycles. The molecular formula is C23H20ClN3O3S2. The minimum Gasteiger partial charge on any atom is -0.495 e. The number of halogens is 1. The first kappa shape index (κ1) is 22.4. The second-order valence-corrected chi connectivity index (χ2v) is 9.43. The quantitative estimate of drug-likeness (QED) is 0.300. The summed E-state index contributed by atoms with van der Waals surface area (Å²) in [5.74, 6) is 0.501. The summed E-state index contributed by atoms with van der Waals surface area (Å²) in [6.45, 7) is 2.41. The number of carbonyl (C=O) groups is 1. The van der Waals surface area contributed by atoms with Crippen LogP contribution in [0.5, 0.6) is 5.75 Å². The molecule has 2 aromatic heterocycles. The van der Waals surface area contributed by atoms with Crippen LogP contribution in [0.15, 0.2) is 63.9 Å². The first-order chi connectivity index (χ1) is 15.5. The number of nitrogens with zero attached hydrogens (tertiary/aromatic N) is 2. The van der Waals surface area contributed by atoms with E-state index in [-0.39, 0.29) is 17.2 Å². The van der Waals surface area contributed by atoms with Crippen LogP contribution < -0.4 is 15.6 Å². The fraction of sp³-hybridized carbons (Fsp3) is 0.174. The van der Waals surface area contributed by atoms with Crippen molar-refractivity contribution in [3.63, 3.8) is 0 Å². The second kappa shape index (κ2) is 9.77. The predicted molar refractivity (Wildman–Crippen MR) is 131 cm³/mol. The molecule has 0 bridgehead atoms. The van der Waals surface area contributed by atoms with Crippen molar-refractivity contribution in [2.45, 2.75) is 18.6 Å². The number of hydrogen-bond donors (Lipinski definition) is 1. The lowest BCUT2D eigenvalue weighted by Gasteiger charge is -2.16. The molecule has 0 unspecified atom stereocenters. The second-order valence-electron chi connectivity index (χ2n) is 7.02. The number of thiophene rings is 1. The van der Waals surface area contributed by atoms with Gasteiger partial charge in [-0.2, -0.15) is 0 Å². The van der Waals surface area contributed by atoms with Gasteiger partial charge in [0, 0.05) is 9.90 Å². The lowest BCUT2D eigenvalue weighted by molar-refractivity contribution is -0.118. The van der Waals surface area contributed by atoms with E-state index in [9.17, 15) is 9.59 Å². The smallest absolute Gasteiger partial charge is 0.266 e. The molecule has 32 heavy (non-hydrogen) atoms. The molecule has 2 aromatic carbocycles. The van der Waals surface area contributed by atoms with E-state index in [1.165, 1.54) is 16.3 Å². The molecule has 2 heterocycles. The number of aryl methyl sites for hydroxylation is 1. The topological polar surface area (TPSA) is 73.2 Å². The van der Waals surface area contributed by atoms with Crippen molar-refractivity contribution in [1.82, 2.24) is 14.9 Å². The van der Waals surface area contributed by atoms with Crippen LogP contribution in [0.3, 0.4) is 0 Å². The van der Waals surface area contributed by atoms with Gasteiger partial charge in [0.2, 0.25) is 5.91 Å². The van der Waals surface area contributed by atoms with Gasteiger partial charge in [-0.15, -0.1) is 11.3 Å². The molecule has 4 aromatic rings. The molecule has 1 amide bonds. The highest BCUT2D eigenvalue weighted by Gasteiger charge is 2.18. The van der Waals surface area contributed by atoms with Gasteiger partial charge in [0.05, 0.1) is 36.0 Å². The fourth-order valence-electron chi connectivity index (χ4n) is 3.20. The zero-order valence-electron chi connectivity index (χ0n) is 17.4. The van der Waals surface area contributed by atoms with Crippen LogP contribution in [0, 0.1) is 6.92 Å². The molecule has 0 aliphatic heterocycles. The molecule has 9 heteroatoms. The summed E-state index contributed by atoms with van der Waals surface area (Å²) in [6.07, 6.45) is 0. The van der Waals surface area contributed by atoms with Crippen molar-refractivity contribution in [3.8, 4) is 11.4 Å². The average molecular weight is 486 g/mol. The Morgan fingerprint density at radius 1 is 1.25 bits per heavy atom. The molecule has 0 aliphatic rings. The van der Waals surface area contributed by atoms with Crippen LogP contribution in [0.1, 0.15) is 10.4 Å². The average Bonchev–Trinajstić information content (AvgIpc) is 3.30. The Morgan fingerprint density at radius 2 is 2.09 bits per heavy atom. The summed E-state index contributed by atoms with van der Waals surface area (Å²) in [4.78, 5) is 31.7. The van der Waals surface area contributed by atoms with Gasteiger partial charge >= 0.3 is 0 Å².